The van der Waals surface area contributed by atoms with E-state index in [4.69, 9.17) is 0 Å². The number of carbonyl (C=O) groups is 1. The number of anilines is 1. The minimum Gasteiger partial charge on any atom is -0.345 e. The number of thiazole rings is 1. The van der Waals surface area contributed by atoms with E-state index in [2.05, 4.69) is 20.3 Å². The molecule has 0 bridgehead atoms. The van der Waals surface area contributed by atoms with Gasteiger partial charge in [-0.3, -0.25) is 4.79 Å². The Labute approximate surface area is 146 Å². The van der Waals surface area contributed by atoms with Crippen LogP contribution in [-0.2, 0) is 11.2 Å². The topological polar surface area (TPSA) is 70.7 Å². The Bertz CT molecular complexity index is 1060. The molecule has 3 aromatic heterocycles. The number of nitrogens with one attached hydrogen (secondary N) is 2. The van der Waals surface area contributed by atoms with E-state index < -0.39 is 0 Å². The van der Waals surface area contributed by atoms with Crippen molar-refractivity contribution in [1.29, 1.82) is 0 Å². The summed E-state index contributed by atoms with van der Waals surface area (Å²) in [6.07, 6.45) is 3.54. The molecule has 0 atom stereocenters. The summed E-state index contributed by atoms with van der Waals surface area (Å²) in [6, 6.07) is 10.1. The molecular formula is C18H13FN4OS. The zero-order chi connectivity index (χ0) is 17.2. The largest absolute Gasteiger partial charge is 0.345 e. The number of carbonyl (C=O) groups excluding carboxylic acids is 1. The van der Waals surface area contributed by atoms with Gasteiger partial charge >= 0.3 is 0 Å². The molecular weight excluding hydrogens is 339 g/mol. The molecule has 0 aliphatic rings. The molecule has 2 N–H and O–H groups in total. The highest BCUT2D eigenvalue weighted by Crippen LogP contribution is 2.30. The number of aromatic amines is 1. The molecule has 0 spiro atoms. The van der Waals surface area contributed by atoms with Crippen LogP contribution in [0, 0.1) is 5.82 Å². The number of halogens is 1. The van der Waals surface area contributed by atoms with E-state index >= 15 is 0 Å². The average Bonchev–Trinajstić information content (AvgIpc) is 3.23. The maximum absolute atomic E-state index is 13.6. The fourth-order valence-electron chi connectivity index (χ4n) is 2.60. The maximum atomic E-state index is 13.6. The summed E-state index contributed by atoms with van der Waals surface area (Å²) < 4.78 is 13.6. The number of nitrogens with zero attached hydrogens (tertiary/aromatic N) is 2. The monoisotopic (exact) mass is 352 g/mol. The van der Waals surface area contributed by atoms with Crippen molar-refractivity contribution in [3.05, 3.63) is 65.6 Å². The van der Waals surface area contributed by atoms with Crippen LogP contribution >= 0.6 is 11.3 Å². The van der Waals surface area contributed by atoms with Crippen LogP contribution in [0.25, 0.3) is 22.3 Å². The molecule has 4 aromatic rings. The van der Waals surface area contributed by atoms with Crippen LogP contribution in [0.15, 0.2) is 54.2 Å². The van der Waals surface area contributed by atoms with Crippen LogP contribution in [0.3, 0.4) is 0 Å². The van der Waals surface area contributed by atoms with Crippen LogP contribution in [0.5, 0.6) is 0 Å². The number of fused-ring (bicyclic) bond motifs is 1. The fourth-order valence-corrected chi connectivity index (χ4v) is 3.33. The summed E-state index contributed by atoms with van der Waals surface area (Å²) in [5, 5.41) is 6.04. The highest BCUT2D eigenvalue weighted by atomic mass is 32.1. The van der Waals surface area contributed by atoms with Gasteiger partial charge in [-0.05, 0) is 23.8 Å². The van der Waals surface area contributed by atoms with Crippen molar-refractivity contribution in [2.75, 3.05) is 5.32 Å². The predicted octanol–water partition coefficient (Wildman–Crippen LogP) is 4.01. The first kappa shape index (κ1) is 15.5. The summed E-state index contributed by atoms with van der Waals surface area (Å²) in [5.41, 5.74) is 2.83. The smallest absolute Gasteiger partial charge is 0.230 e. The Kier molecular flexibility index (Phi) is 3.99. The van der Waals surface area contributed by atoms with Gasteiger partial charge < -0.3 is 10.3 Å². The lowest BCUT2D eigenvalue weighted by molar-refractivity contribution is -0.115. The normalized spacial score (nSPS) is 10.9. The Morgan fingerprint density at radius 1 is 1.24 bits per heavy atom. The number of hydrogen-bond acceptors (Lipinski definition) is 4. The van der Waals surface area contributed by atoms with Gasteiger partial charge in [0, 0.05) is 28.7 Å². The molecule has 1 aromatic carbocycles. The minimum atomic E-state index is -0.385. The van der Waals surface area contributed by atoms with E-state index in [-0.39, 0.29) is 18.1 Å². The Balaban J connectivity index is 1.52. The van der Waals surface area contributed by atoms with Crippen molar-refractivity contribution in [2.45, 2.75) is 6.42 Å². The second-order valence-corrected chi connectivity index (χ2v) is 6.31. The van der Waals surface area contributed by atoms with Gasteiger partial charge in [0.15, 0.2) is 5.13 Å². The van der Waals surface area contributed by atoms with E-state index in [1.54, 1.807) is 24.4 Å². The summed E-state index contributed by atoms with van der Waals surface area (Å²) in [6.45, 7) is 0. The van der Waals surface area contributed by atoms with Crippen LogP contribution in [0.1, 0.15) is 5.56 Å². The van der Waals surface area contributed by atoms with Crippen molar-refractivity contribution >= 4 is 33.4 Å². The molecule has 0 aliphatic carbocycles. The van der Waals surface area contributed by atoms with E-state index in [0.29, 0.717) is 10.7 Å². The van der Waals surface area contributed by atoms with Gasteiger partial charge in [0.05, 0.1) is 12.1 Å². The second kappa shape index (κ2) is 6.45. The van der Waals surface area contributed by atoms with Gasteiger partial charge in [0.25, 0.3) is 0 Å². The number of pyridine rings is 1. The van der Waals surface area contributed by atoms with Crippen LogP contribution in [0.2, 0.25) is 0 Å². The van der Waals surface area contributed by atoms with Gasteiger partial charge in [-0.2, -0.15) is 0 Å². The van der Waals surface area contributed by atoms with Crippen molar-refractivity contribution in [2.24, 2.45) is 0 Å². The van der Waals surface area contributed by atoms with Gasteiger partial charge in [0.2, 0.25) is 5.91 Å². The zero-order valence-electron chi connectivity index (χ0n) is 13.0. The first-order valence-corrected chi connectivity index (χ1v) is 8.50. The van der Waals surface area contributed by atoms with Crippen LogP contribution in [-0.4, -0.2) is 20.9 Å². The zero-order valence-corrected chi connectivity index (χ0v) is 13.8. The molecule has 0 fully saturated rings. The number of amides is 1. The molecule has 0 radical (unpaired) electrons. The fraction of sp³-hybridized carbons (Fsp3) is 0.0556. The van der Waals surface area contributed by atoms with E-state index in [1.807, 2.05) is 23.7 Å². The minimum absolute atomic E-state index is 0.0292. The SMILES string of the molecule is O=C(Cc1ccccc1F)Nc1nc(-c2c[nH]c3ncccc23)cs1. The lowest BCUT2D eigenvalue weighted by Gasteiger charge is -2.03. The first-order chi connectivity index (χ1) is 12.2. The summed E-state index contributed by atoms with van der Waals surface area (Å²) >= 11 is 1.33. The Hall–Kier alpha value is -3.06. The third-order valence-corrected chi connectivity index (χ3v) is 4.54. The van der Waals surface area contributed by atoms with Crippen LogP contribution in [0.4, 0.5) is 9.52 Å². The third-order valence-electron chi connectivity index (χ3n) is 3.79. The summed E-state index contributed by atoms with van der Waals surface area (Å²) in [7, 11) is 0. The van der Waals surface area contributed by atoms with Gasteiger partial charge in [-0.25, -0.2) is 14.4 Å². The quantitative estimate of drug-likeness (QED) is 0.583. The van der Waals surface area contributed by atoms with Crippen LogP contribution < -0.4 is 5.32 Å². The number of hydrogen-bond donors (Lipinski definition) is 2. The highest BCUT2D eigenvalue weighted by Gasteiger charge is 2.13. The molecule has 0 saturated carbocycles. The molecule has 4 rings (SSSR count). The number of rotatable bonds is 4. The molecule has 0 aliphatic heterocycles. The average molecular weight is 352 g/mol. The highest BCUT2D eigenvalue weighted by molar-refractivity contribution is 7.14. The molecule has 0 unspecified atom stereocenters. The van der Waals surface area contributed by atoms with E-state index in [0.717, 1.165) is 22.3 Å². The second-order valence-electron chi connectivity index (χ2n) is 5.46. The molecule has 3 heterocycles. The van der Waals surface area contributed by atoms with Crippen molar-refractivity contribution < 1.29 is 9.18 Å². The lowest BCUT2D eigenvalue weighted by Crippen LogP contribution is -2.15. The molecule has 124 valence electrons. The van der Waals surface area contributed by atoms with Gasteiger partial charge in [0.1, 0.15) is 11.5 Å². The predicted molar refractivity (Wildman–Crippen MR) is 95.9 cm³/mol. The summed E-state index contributed by atoms with van der Waals surface area (Å²) in [5.74, 6) is -0.685. The van der Waals surface area contributed by atoms with Gasteiger partial charge in [-0.15, -0.1) is 11.3 Å². The molecule has 7 heteroatoms. The Morgan fingerprint density at radius 2 is 2.12 bits per heavy atom. The first-order valence-electron chi connectivity index (χ1n) is 7.62. The van der Waals surface area contributed by atoms with E-state index in [1.165, 1.54) is 17.4 Å². The molecule has 1 amide bonds. The molecule has 5 nitrogen and oxygen atoms in total. The van der Waals surface area contributed by atoms with Crippen molar-refractivity contribution in [1.82, 2.24) is 15.0 Å². The maximum Gasteiger partial charge on any atom is 0.230 e. The molecule has 25 heavy (non-hydrogen) atoms. The van der Waals surface area contributed by atoms with E-state index in [9.17, 15) is 9.18 Å². The standard InChI is InChI=1S/C18H13FN4OS/c19-14-6-2-1-4-11(14)8-16(24)23-18-22-15(10-25-18)13-9-21-17-12(13)5-3-7-20-17/h1-7,9-10H,8H2,(H,20,21)(H,22,23,24). The number of benzene rings is 1. The third kappa shape index (κ3) is 3.14. The summed E-state index contributed by atoms with van der Waals surface area (Å²) in [4.78, 5) is 23.9. The van der Waals surface area contributed by atoms with Crippen molar-refractivity contribution in [3.63, 3.8) is 0 Å². The molecule has 0 saturated heterocycles. The lowest BCUT2D eigenvalue weighted by atomic mass is 10.1. The number of aromatic nitrogens is 3. The number of H-pyrrole nitrogens is 1. The Morgan fingerprint density at radius 3 is 3.00 bits per heavy atom. The van der Waals surface area contributed by atoms with Gasteiger partial charge in [-0.1, -0.05) is 18.2 Å². The van der Waals surface area contributed by atoms with Crippen molar-refractivity contribution in [3.8, 4) is 11.3 Å².